The van der Waals surface area contributed by atoms with Gasteiger partial charge in [-0.15, -0.1) is 0 Å². The molecule has 0 aliphatic rings. The fourth-order valence-corrected chi connectivity index (χ4v) is 1.15. The van der Waals surface area contributed by atoms with Crippen LogP contribution in [0.5, 0.6) is 0 Å². The van der Waals surface area contributed by atoms with Crippen molar-refractivity contribution in [2.45, 2.75) is 6.54 Å². The lowest BCUT2D eigenvalue weighted by Crippen LogP contribution is -2.13. The highest BCUT2D eigenvalue weighted by atomic mass is 19.1. The summed E-state index contributed by atoms with van der Waals surface area (Å²) in [6, 6.07) is 4.64. The number of nitrogens with two attached hydrogens (primary N) is 1. The van der Waals surface area contributed by atoms with Gasteiger partial charge >= 0.3 is 0 Å². The molecule has 0 aliphatic carbocycles. The summed E-state index contributed by atoms with van der Waals surface area (Å²) in [5.41, 5.74) is 7.27. The van der Waals surface area contributed by atoms with Gasteiger partial charge in [0.15, 0.2) is 0 Å². The molecule has 1 rings (SSSR count). The Balaban J connectivity index is 3.11. The second kappa shape index (κ2) is 3.54. The van der Waals surface area contributed by atoms with Crippen molar-refractivity contribution in [3.63, 3.8) is 0 Å². The minimum absolute atomic E-state index is 0.235. The van der Waals surface area contributed by atoms with Crippen LogP contribution in [0.15, 0.2) is 18.2 Å². The van der Waals surface area contributed by atoms with Gasteiger partial charge in [0, 0.05) is 26.3 Å². The second-order valence-corrected chi connectivity index (χ2v) is 2.87. The first kappa shape index (κ1) is 9.00. The molecule has 0 amide bonds. The van der Waals surface area contributed by atoms with Gasteiger partial charge in [-0.1, -0.05) is 0 Å². The molecule has 2 N–H and O–H groups in total. The Hall–Kier alpha value is -1.09. The third kappa shape index (κ3) is 1.74. The van der Waals surface area contributed by atoms with Crippen LogP contribution < -0.4 is 10.6 Å². The molecular formula is C9H13FN2. The molecule has 12 heavy (non-hydrogen) atoms. The average Bonchev–Trinajstić information content (AvgIpc) is 2.03. The normalized spacial score (nSPS) is 10.0. The zero-order chi connectivity index (χ0) is 9.14. The Labute approximate surface area is 71.8 Å². The van der Waals surface area contributed by atoms with E-state index in [1.165, 1.54) is 12.1 Å². The molecule has 66 valence electrons. The molecule has 2 nitrogen and oxygen atoms in total. The van der Waals surface area contributed by atoms with E-state index in [-0.39, 0.29) is 5.82 Å². The van der Waals surface area contributed by atoms with Crippen LogP contribution in [0.3, 0.4) is 0 Å². The van der Waals surface area contributed by atoms with Crippen molar-refractivity contribution >= 4 is 5.69 Å². The van der Waals surface area contributed by atoms with Gasteiger partial charge in [-0.05, 0) is 23.8 Å². The third-order valence-corrected chi connectivity index (χ3v) is 1.74. The van der Waals surface area contributed by atoms with Crippen LogP contribution in [-0.4, -0.2) is 14.1 Å². The number of hydrogen-bond acceptors (Lipinski definition) is 2. The molecule has 0 fully saturated rings. The van der Waals surface area contributed by atoms with Gasteiger partial charge in [-0.2, -0.15) is 0 Å². The highest BCUT2D eigenvalue weighted by Crippen LogP contribution is 2.18. The standard InChI is InChI=1S/C9H13FN2/c1-12(2)9-4-3-8(10)5-7(9)6-11/h3-5H,6,11H2,1-2H3. The van der Waals surface area contributed by atoms with E-state index in [0.717, 1.165) is 11.3 Å². The Morgan fingerprint density at radius 1 is 1.42 bits per heavy atom. The van der Waals surface area contributed by atoms with E-state index in [2.05, 4.69) is 0 Å². The predicted molar refractivity (Wildman–Crippen MR) is 48.6 cm³/mol. The Morgan fingerprint density at radius 2 is 2.08 bits per heavy atom. The van der Waals surface area contributed by atoms with Crippen molar-refractivity contribution in [3.8, 4) is 0 Å². The van der Waals surface area contributed by atoms with E-state index < -0.39 is 0 Å². The molecule has 0 heterocycles. The molecule has 0 radical (unpaired) electrons. The lowest BCUT2D eigenvalue weighted by Gasteiger charge is -2.16. The summed E-state index contributed by atoms with van der Waals surface area (Å²) in [5.74, 6) is -0.235. The van der Waals surface area contributed by atoms with Crippen LogP contribution in [0.4, 0.5) is 10.1 Å². The number of benzene rings is 1. The van der Waals surface area contributed by atoms with Gasteiger partial charge in [0.2, 0.25) is 0 Å². The van der Waals surface area contributed by atoms with E-state index in [1.807, 2.05) is 19.0 Å². The van der Waals surface area contributed by atoms with Gasteiger partial charge in [0.25, 0.3) is 0 Å². The number of hydrogen-bond donors (Lipinski definition) is 1. The number of anilines is 1. The van der Waals surface area contributed by atoms with E-state index in [4.69, 9.17) is 5.73 Å². The number of rotatable bonds is 2. The van der Waals surface area contributed by atoms with Crippen molar-refractivity contribution in [1.29, 1.82) is 0 Å². The summed E-state index contributed by atoms with van der Waals surface area (Å²) in [6.45, 7) is 0.366. The minimum Gasteiger partial charge on any atom is -0.377 e. The molecule has 0 aromatic heterocycles. The maximum absolute atomic E-state index is 12.7. The molecule has 3 heteroatoms. The largest absolute Gasteiger partial charge is 0.377 e. The predicted octanol–water partition coefficient (Wildman–Crippen LogP) is 1.35. The molecule has 0 saturated heterocycles. The highest BCUT2D eigenvalue weighted by molar-refractivity contribution is 5.52. The quantitative estimate of drug-likeness (QED) is 0.722. The molecule has 0 spiro atoms. The SMILES string of the molecule is CN(C)c1ccc(F)cc1CN. The van der Waals surface area contributed by atoms with Gasteiger partial charge in [-0.25, -0.2) is 4.39 Å². The van der Waals surface area contributed by atoms with E-state index in [9.17, 15) is 4.39 Å². The lowest BCUT2D eigenvalue weighted by atomic mass is 10.1. The second-order valence-electron chi connectivity index (χ2n) is 2.87. The molecule has 0 unspecified atom stereocenters. The van der Waals surface area contributed by atoms with E-state index in [0.29, 0.717) is 6.54 Å². The summed E-state index contributed by atoms with van der Waals surface area (Å²) in [4.78, 5) is 1.92. The minimum atomic E-state index is -0.235. The van der Waals surface area contributed by atoms with Crippen molar-refractivity contribution in [2.75, 3.05) is 19.0 Å². The van der Waals surface area contributed by atoms with Crippen molar-refractivity contribution in [3.05, 3.63) is 29.6 Å². The van der Waals surface area contributed by atoms with Crippen molar-refractivity contribution in [1.82, 2.24) is 0 Å². The average molecular weight is 168 g/mol. The van der Waals surface area contributed by atoms with Crippen LogP contribution in [0, 0.1) is 5.82 Å². The van der Waals surface area contributed by atoms with Gasteiger partial charge in [-0.3, -0.25) is 0 Å². The molecule has 1 aromatic carbocycles. The maximum atomic E-state index is 12.7. The van der Waals surface area contributed by atoms with Crippen LogP contribution in [-0.2, 0) is 6.54 Å². The zero-order valence-electron chi connectivity index (χ0n) is 7.34. The van der Waals surface area contributed by atoms with Crippen LogP contribution >= 0.6 is 0 Å². The van der Waals surface area contributed by atoms with E-state index >= 15 is 0 Å². The summed E-state index contributed by atoms with van der Waals surface area (Å²) in [5, 5.41) is 0. The van der Waals surface area contributed by atoms with Crippen LogP contribution in [0.25, 0.3) is 0 Å². The number of halogens is 1. The molecule has 0 atom stereocenters. The number of nitrogens with zero attached hydrogens (tertiary/aromatic N) is 1. The summed E-state index contributed by atoms with van der Waals surface area (Å²) in [7, 11) is 3.82. The fourth-order valence-electron chi connectivity index (χ4n) is 1.15. The first-order chi connectivity index (χ1) is 5.65. The summed E-state index contributed by atoms with van der Waals surface area (Å²) >= 11 is 0. The molecule has 0 bridgehead atoms. The third-order valence-electron chi connectivity index (χ3n) is 1.74. The van der Waals surface area contributed by atoms with Gasteiger partial charge in [0.1, 0.15) is 5.82 Å². The van der Waals surface area contributed by atoms with Crippen molar-refractivity contribution in [2.24, 2.45) is 5.73 Å². The van der Waals surface area contributed by atoms with E-state index in [1.54, 1.807) is 6.07 Å². The summed E-state index contributed by atoms with van der Waals surface area (Å²) in [6.07, 6.45) is 0. The van der Waals surface area contributed by atoms with Gasteiger partial charge in [0.05, 0.1) is 0 Å². The maximum Gasteiger partial charge on any atom is 0.123 e. The fraction of sp³-hybridized carbons (Fsp3) is 0.333. The Bertz CT molecular complexity index is 271. The van der Waals surface area contributed by atoms with Gasteiger partial charge < -0.3 is 10.6 Å². The van der Waals surface area contributed by atoms with Crippen molar-refractivity contribution < 1.29 is 4.39 Å². The topological polar surface area (TPSA) is 29.3 Å². The summed E-state index contributed by atoms with van der Waals surface area (Å²) < 4.78 is 12.7. The molecule has 0 aliphatic heterocycles. The smallest absolute Gasteiger partial charge is 0.123 e. The first-order valence-electron chi connectivity index (χ1n) is 3.81. The van der Waals surface area contributed by atoms with Crippen LogP contribution in [0.2, 0.25) is 0 Å². The lowest BCUT2D eigenvalue weighted by molar-refractivity contribution is 0.625. The zero-order valence-corrected chi connectivity index (χ0v) is 7.34. The monoisotopic (exact) mass is 168 g/mol. The first-order valence-corrected chi connectivity index (χ1v) is 3.81. The highest BCUT2D eigenvalue weighted by Gasteiger charge is 2.03. The molecule has 1 aromatic rings. The molecule has 0 saturated carbocycles. The Kier molecular flexibility index (Phi) is 2.65. The Morgan fingerprint density at radius 3 is 2.58 bits per heavy atom. The molecular weight excluding hydrogens is 155 g/mol. The van der Waals surface area contributed by atoms with Crippen LogP contribution in [0.1, 0.15) is 5.56 Å².